The van der Waals surface area contributed by atoms with Gasteiger partial charge in [0, 0.05) is 11.1 Å². The van der Waals surface area contributed by atoms with Crippen LogP contribution < -0.4 is 19.5 Å². The number of methoxy groups -OCH3 is 2. The molecule has 0 fully saturated rings. The maximum Gasteiger partial charge on any atom is 0.261 e. The third-order valence-electron chi connectivity index (χ3n) is 4.03. The van der Waals surface area contributed by atoms with Crippen LogP contribution in [-0.4, -0.2) is 36.4 Å². The molecule has 0 unspecified atom stereocenters. The summed E-state index contributed by atoms with van der Waals surface area (Å²) in [6.45, 7) is 1.71. The van der Waals surface area contributed by atoms with Crippen LogP contribution in [0.25, 0.3) is 11.4 Å². The number of nitrogens with one attached hydrogen (secondary N) is 1. The van der Waals surface area contributed by atoms with Gasteiger partial charge in [-0.05, 0) is 43.3 Å². The highest BCUT2D eigenvalue weighted by atomic mass is 35.5. The number of rotatable bonds is 8. The van der Waals surface area contributed by atoms with Crippen molar-refractivity contribution in [1.82, 2.24) is 15.5 Å². The molecule has 3 rings (SSSR count). The lowest BCUT2D eigenvalue weighted by Gasteiger charge is -2.13. The van der Waals surface area contributed by atoms with Crippen LogP contribution in [0.4, 0.5) is 0 Å². The standard InChI is InChI=1S/C20H20ClN3O5/c1-12(28-14-6-4-13(21)5-7-14)20(25)22-11-18-23-19(24-29-18)16-9-8-15(26-2)10-17(16)27-3/h4-10,12H,11H2,1-3H3,(H,22,25)/t12-/m0/s1. The first-order valence-corrected chi connectivity index (χ1v) is 9.13. The monoisotopic (exact) mass is 417 g/mol. The van der Waals surface area contributed by atoms with Crippen molar-refractivity contribution in [3.63, 3.8) is 0 Å². The van der Waals surface area contributed by atoms with Gasteiger partial charge in [-0.25, -0.2) is 0 Å². The summed E-state index contributed by atoms with van der Waals surface area (Å²) in [7, 11) is 3.11. The van der Waals surface area contributed by atoms with Crippen molar-refractivity contribution < 1.29 is 23.5 Å². The quantitative estimate of drug-likeness (QED) is 0.599. The summed E-state index contributed by atoms with van der Waals surface area (Å²) in [5.74, 6) is 2.02. The zero-order valence-electron chi connectivity index (χ0n) is 16.1. The molecule has 1 heterocycles. The zero-order valence-corrected chi connectivity index (χ0v) is 16.9. The van der Waals surface area contributed by atoms with Crippen LogP contribution in [0.15, 0.2) is 47.0 Å². The van der Waals surface area contributed by atoms with Crippen LogP contribution in [-0.2, 0) is 11.3 Å². The largest absolute Gasteiger partial charge is 0.497 e. The Balaban J connectivity index is 1.60. The van der Waals surface area contributed by atoms with Gasteiger partial charge >= 0.3 is 0 Å². The minimum absolute atomic E-state index is 0.0681. The van der Waals surface area contributed by atoms with Crippen molar-refractivity contribution in [3.8, 4) is 28.6 Å². The fourth-order valence-electron chi connectivity index (χ4n) is 2.50. The van der Waals surface area contributed by atoms with E-state index >= 15 is 0 Å². The Morgan fingerprint density at radius 3 is 2.55 bits per heavy atom. The van der Waals surface area contributed by atoms with E-state index in [-0.39, 0.29) is 18.3 Å². The summed E-state index contributed by atoms with van der Waals surface area (Å²) in [6, 6.07) is 12.0. The van der Waals surface area contributed by atoms with Gasteiger partial charge in [0.25, 0.3) is 5.91 Å². The summed E-state index contributed by atoms with van der Waals surface area (Å²) in [6.07, 6.45) is -0.708. The van der Waals surface area contributed by atoms with Gasteiger partial charge in [-0.3, -0.25) is 4.79 Å². The minimum atomic E-state index is -0.708. The number of amides is 1. The van der Waals surface area contributed by atoms with Crippen molar-refractivity contribution in [2.45, 2.75) is 19.6 Å². The van der Waals surface area contributed by atoms with Crippen LogP contribution in [0, 0.1) is 0 Å². The molecule has 2 aromatic carbocycles. The molecule has 1 N–H and O–H groups in total. The number of carbonyl (C=O) groups is 1. The number of hydrogen-bond donors (Lipinski definition) is 1. The number of aromatic nitrogens is 2. The third-order valence-corrected chi connectivity index (χ3v) is 4.28. The molecule has 152 valence electrons. The predicted octanol–water partition coefficient (Wildman–Crippen LogP) is 3.49. The summed E-state index contributed by atoms with van der Waals surface area (Å²) < 4.78 is 21.3. The van der Waals surface area contributed by atoms with E-state index in [4.69, 9.17) is 30.3 Å². The molecular weight excluding hydrogens is 398 g/mol. The molecule has 0 saturated carbocycles. The molecule has 0 bridgehead atoms. The highest BCUT2D eigenvalue weighted by Crippen LogP contribution is 2.31. The average molecular weight is 418 g/mol. The summed E-state index contributed by atoms with van der Waals surface area (Å²) in [5.41, 5.74) is 0.647. The van der Waals surface area contributed by atoms with Crippen molar-refractivity contribution in [3.05, 3.63) is 53.4 Å². The van der Waals surface area contributed by atoms with Gasteiger partial charge in [0.1, 0.15) is 17.2 Å². The van der Waals surface area contributed by atoms with Crippen LogP contribution >= 0.6 is 11.6 Å². The lowest BCUT2D eigenvalue weighted by atomic mass is 10.2. The summed E-state index contributed by atoms with van der Waals surface area (Å²) in [5, 5.41) is 7.24. The van der Waals surface area contributed by atoms with Crippen molar-refractivity contribution in [1.29, 1.82) is 0 Å². The Morgan fingerprint density at radius 1 is 1.14 bits per heavy atom. The fourth-order valence-corrected chi connectivity index (χ4v) is 2.62. The molecule has 0 aliphatic carbocycles. The number of benzene rings is 2. The molecule has 0 radical (unpaired) electrons. The molecule has 1 amide bonds. The number of carbonyl (C=O) groups excluding carboxylic acids is 1. The van der Waals surface area contributed by atoms with Crippen LogP contribution in [0.3, 0.4) is 0 Å². The van der Waals surface area contributed by atoms with Crippen LogP contribution in [0.5, 0.6) is 17.2 Å². The summed E-state index contributed by atoms with van der Waals surface area (Å²) >= 11 is 5.84. The number of nitrogens with zero attached hydrogens (tertiary/aromatic N) is 2. The molecule has 0 saturated heterocycles. The third kappa shape index (κ3) is 5.17. The molecule has 29 heavy (non-hydrogen) atoms. The van der Waals surface area contributed by atoms with E-state index in [1.165, 1.54) is 0 Å². The van der Waals surface area contributed by atoms with Gasteiger partial charge in [0.05, 0.1) is 26.3 Å². The molecule has 3 aromatic rings. The van der Waals surface area contributed by atoms with E-state index < -0.39 is 6.10 Å². The molecule has 8 nitrogen and oxygen atoms in total. The van der Waals surface area contributed by atoms with E-state index in [0.717, 1.165) is 0 Å². The van der Waals surface area contributed by atoms with E-state index in [1.54, 1.807) is 63.6 Å². The smallest absolute Gasteiger partial charge is 0.261 e. The maximum atomic E-state index is 12.2. The number of ether oxygens (including phenoxy) is 3. The molecular formula is C20H20ClN3O5. The van der Waals surface area contributed by atoms with Crippen LogP contribution in [0.1, 0.15) is 12.8 Å². The molecule has 0 aliphatic rings. The molecule has 1 atom stereocenters. The molecule has 0 aliphatic heterocycles. The van der Waals surface area contributed by atoms with Crippen molar-refractivity contribution >= 4 is 17.5 Å². The van der Waals surface area contributed by atoms with Crippen molar-refractivity contribution in [2.24, 2.45) is 0 Å². The first-order chi connectivity index (χ1) is 14.0. The second-order valence-electron chi connectivity index (χ2n) is 6.01. The average Bonchev–Trinajstić information content (AvgIpc) is 3.21. The van der Waals surface area contributed by atoms with Crippen molar-refractivity contribution in [2.75, 3.05) is 14.2 Å². The van der Waals surface area contributed by atoms with E-state index in [2.05, 4.69) is 15.5 Å². The molecule has 1 aromatic heterocycles. The Kier molecular flexibility index (Phi) is 6.56. The van der Waals surface area contributed by atoms with Gasteiger partial charge in [0.15, 0.2) is 6.10 Å². The SMILES string of the molecule is COc1ccc(-c2noc(CNC(=O)[C@H](C)Oc3ccc(Cl)cc3)n2)c(OC)c1. The first-order valence-electron chi connectivity index (χ1n) is 8.75. The predicted molar refractivity (Wildman–Crippen MR) is 106 cm³/mol. The Hall–Kier alpha value is -3.26. The van der Waals surface area contributed by atoms with Gasteiger partial charge in [0.2, 0.25) is 11.7 Å². The fraction of sp³-hybridized carbons (Fsp3) is 0.250. The van der Waals surface area contributed by atoms with Gasteiger partial charge in [-0.15, -0.1) is 0 Å². The highest BCUT2D eigenvalue weighted by Gasteiger charge is 2.18. The Labute approximate surface area is 172 Å². The Bertz CT molecular complexity index is 975. The van der Waals surface area contributed by atoms with Crippen LogP contribution in [0.2, 0.25) is 5.02 Å². The lowest BCUT2D eigenvalue weighted by molar-refractivity contribution is -0.127. The number of halogens is 1. The van der Waals surface area contributed by atoms with E-state index in [0.29, 0.717) is 33.7 Å². The highest BCUT2D eigenvalue weighted by molar-refractivity contribution is 6.30. The van der Waals surface area contributed by atoms with Gasteiger partial charge < -0.3 is 24.1 Å². The molecule has 0 spiro atoms. The zero-order chi connectivity index (χ0) is 20.8. The van der Waals surface area contributed by atoms with E-state index in [9.17, 15) is 4.79 Å². The lowest BCUT2D eigenvalue weighted by Crippen LogP contribution is -2.35. The second-order valence-corrected chi connectivity index (χ2v) is 6.45. The second kappa shape index (κ2) is 9.29. The Morgan fingerprint density at radius 2 is 1.86 bits per heavy atom. The number of hydrogen-bond acceptors (Lipinski definition) is 7. The minimum Gasteiger partial charge on any atom is -0.497 e. The van der Waals surface area contributed by atoms with E-state index in [1.807, 2.05) is 0 Å². The normalized spacial score (nSPS) is 11.6. The van der Waals surface area contributed by atoms with Gasteiger partial charge in [-0.1, -0.05) is 16.8 Å². The maximum absolute atomic E-state index is 12.2. The molecule has 9 heteroatoms. The summed E-state index contributed by atoms with van der Waals surface area (Å²) in [4.78, 5) is 16.6. The first kappa shape index (κ1) is 20.5. The van der Waals surface area contributed by atoms with Gasteiger partial charge in [-0.2, -0.15) is 4.98 Å². The topological polar surface area (TPSA) is 95.7 Å².